The Bertz CT molecular complexity index is 790. The standard InChI is InChI=1S/C17H15N3/c18-13-5-6-16-12(11-13)8-10-20(16)17-7-9-19-15-4-2-1-3-14(15)17/h1-7,9,11H,8,10,18H2. The van der Waals surface area contributed by atoms with E-state index in [0.29, 0.717) is 0 Å². The Hall–Kier alpha value is -2.55. The van der Waals surface area contributed by atoms with Crippen molar-refractivity contribution in [1.29, 1.82) is 0 Å². The van der Waals surface area contributed by atoms with Crippen molar-refractivity contribution in [2.45, 2.75) is 6.42 Å². The monoisotopic (exact) mass is 261 g/mol. The Balaban J connectivity index is 1.90. The second-order valence-corrected chi connectivity index (χ2v) is 5.14. The van der Waals surface area contributed by atoms with Gasteiger partial charge in [-0.15, -0.1) is 0 Å². The van der Waals surface area contributed by atoms with Crippen molar-refractivity contribution >= 4 is 28.0 Å². The Labute approximate surface area is 117 Å². The summed E-state index contributed by atoms with van der Waals surface area (Å²) >= 11 is 0. The fourth-order valence-electron chi connectivity index (χ4n) is 2.99. The van der Waals surface area contributed by atoms with Crippen molar-refractivity contribution in [1.82, 2.24) is 4.98 Å². The van der Waals surface area contributed by atoms with Crippen LogP contribution in [0.2, 0.25) is 0 Å². The zero-order valence-electron chi connectivity index (χ0n) is 11.1. The molecule has 20 heavy (non-hydrogen) atoms. The van der Waals surface area contributed by atoms with Crippen LogP contribution in [-0.4, -0.2) is 11.5 Å². The number of benzene rings is 2. The van der Waals surface area contributed by atoms with E-state index in [1.54, 1.807) is 0 Å². The summed E-state index contributed by atoms with van der Waals surface area (Å²) in [6.45, 7) is 0.993. The summed E-state index contributed by atoms with van der Waals surface area (Å²) in [4.78, 5) is 6.80. The number of aromatic nitrogens is 1. The molecule has 0 spiro atoms. The lowest BCUT2D eigenvalue weighted by Gasteiger charge is -2.21. The van der Waals surface area contributed by atoms with Gasteiger partial charge in [-0.2, -0.15) is 0 Å². The largest absolute Gasteiger partial charge is 0.399 e. The number of nitrogens with zero attached hydrogens (tertiary/aromatic N) is 2. The van der Waals surface area contributed by atoms with Crippen LogP contribution in [0.15, 0.2) is 54.7 Å². The van der Waals surface area contributed by atoms with Crippen LogP contribution in [0.5, 0.6) is 0 Å². The van der Waals surface area contributed by atoms with Gasteiger partial charge in [-0.05, 0) is 42.3 Å². The Morgan fingerprint density at radius 3 is 2.85 bits per heavy atom. The van der Waals surface area contributed by atoms with Gasteiger partial charge in [-0.1, -0.05) is 18.2 Å². The Kier molecular flexibility index (Phi) is 2.39. The normalized spacial score (nSPS) is 13.7. The van der Waals surface area contributed by atoms with E-state index in [1.165, 1.54) is 22.3 Å². The van der Waals surface area contributed by atoms with E-state index in [4.69, 9.17) is 5.73 Å². The number of hydrogen-bond acceptors (Lipinski definition) is 3. The minimum atomic E-state index is 0.838. The molecule has 3 aromatic rings. The van der Waals surface area contributed by atoms with Gasteiger partial charge in [-0.3, -0.25) is 4.98 Å². The maximum absolute atomic E-state index is 5.88. The first-order valence-electron chi connectivity index (χ1n) is 6.82. The van der Waals surface area contributed by atoms with Gasteiger partial charge in [0.1, 0.15) is 0 Å². The number of nitrogens with two attached hydrogens (primary N) is 1. The molecular formula is C17H15N3. The average Bonchev–Trinajstić information content (AvgIpc) is 2.89. The molecule has 0 bridgehead atoms. The lowest BCUT2D eigenvalue weighted by molar-refractivity contribution is 1.00. The van der Waals surface area contributed by atoms with E-state index in [9.17, 15) is 0 Å². The molecule has 3 heteroatoms. The van der Waals surface area contributed by atoms with Crippen LogP contribution in [0.25, 0.3) is 10.9 Å². The summed E-state index contributed by atoms with van der Waals surface area (Å²) in [6, 6.07) is 16.5. The number of hydrogen-bond donors (Lipinski definition) is 1. The molecule has 0 unspecified atom stereocenters. The first kappa shape index (κ1) is 11.3. The summed E-state index contributed by atoms with van der Waals surface area (Å²) in [5.74, 6) is 0. The molecule has 0 aliphatic carbocycles. The minimum absolute atomic E-state index is 0.838. The molecule has 4 rings (SSSR count). The van der Waals surface area contributed by atoms with Gasteiger partial charge < -0.3 is 10.6 Å². The molecule has 0 fully saturated rings. The van der Waals surface area contributed by atoms with Gasteiger partial charge in [0.2, 0.25) is 0 Å². The Morgan fingerprint density at radius 1 is 1.00 bits per heavy atom. The first-order chi connectivity index (χ1) is 9.83. The molecule has 0 saturated carbocycles. The molecule has 3 nitrogen and oxygen atoms in total. The molecule has 98 valence electrons. The highest BCUT2D eigenvalue weighted by Gasteiger charge is 2.21. The molecule has 1 aliphatic rings. The average molecular weight is 261 g/mol. The molecule has 1 aliphatic heterocycles. The molecule has 0 atom stereocenters. The first-order valence-corrected chi connectivity index (χ1v) is 6.82. The zero-order valence-corrected chi connectivity index (χ0v) is 11.1. The van der Waals surface area contributed by atoms with Gasteiger partial charge in [-0.25, -0.2) is 0 Å². The van der Waals surface area contributed by atoms with Crippen LogP contribution < -0.4 is 10.6 Å². The highest BCUT2D eigenvalue weighted by atomic mass is 15.2. The molecule has 2 aromatic carbocycles. The van der Waals surface area contributed by atoms with Gasteiger partial charge in [0.15, 0.2) is 0 Å². The highest BCUT2D eigenvalue weighted by molar-refractivity contribution is 5.94. The number of fused-ring (bicyclic) bond motifs is 2. The van der Waals surface area contributed by atoms with Crippen molar-refractivity contribution in [2.24, 2.45) is 0 Å². The van der Waals surface area contributed by atoms with Crippen molar-refractivity contribution < 1.29 is 0 Å². The van der Waals surface area contributed by atoms with E-state index in [-0.39, 0.29) is 0 Å². The van der Waals surface area contributed by atoms with E-state index in [0.717, 1.165) is 24.2 Å². The lowest BCUT2D eigenvalue weighted by atomic mass is 10.1. The molecule has 2 N–H and O–H groups in total. The number of para-hydroxylation sites is 1. The van der Waals surface area contributed by atoms with E-state index in [1.807, 2.05) is 18.3 Å². The number of pyridine rings is 1. The summed E-state index contributed by atoms with van der Waals surface area (Å²) in [5.41, 5.74) is 11.6. The fraction of sp³-hybridized carbons (Fsp3) is 0.118. The second-order valence-electron chi connectivity index (χ2n) is 5.14. The molecule has 0 amide bonds. The molecular weight excluding hydrogens is 246 g/mol. The predicted octanol–water partition coefficient (Wildman–Crippen LogP) is 3.51. The van der Waals surface area contributed by atoms with E-state index in [2.05, 4.69) is 46.3 Å². The van der Waals surface area contributed by atoms with Gasteiger partial charge in [0.05, 0.1) is 11.2 Å². The van der Waals surface area contributed by atoms with Crippen LogP contribution in [0, 0.1) is 0 Å². The quantitative estimate of drug-likeness (QED) is 0.682. The van der Waals surface area contributed by atoms with Crippen molar-refractivity contribution in [3.05, 3.63) is 60.3 Å². The van der Waals surface area contributed by atoms with Crippen molar-refractivity contribution in [2.75, 3.05) is 17.2 Å². The molecule has 1 aromatic heterocycles. The van der Waals surface area contributed by atoms with Crippen LogP contribution in [0.1, 0.15) is 5.56 Å². The molecule has 2 heterocycles. The van der Waals surface area contributed by atoms with E-state index >= 15 is 0 Å². The Morgan fingerprint density at radius 2 is 1.90 bits per heavy atom. The van der Waals surface area contributed by atoms with Crippen LogP contribution >= 0.6 is 0 Å². The van der Waals surface area contributed by atoms with Gasteiger partial charge >= 0.3 is 0 Å². The third-order valence-corrected chi connectivity index (χ3v) is 3.92. The van der Waals surface area contributed by atoms with Gasteiger partial charge in [0.25, 0.3) is 0 Å². The van der Waals surface area contributed by atoms with Crippen LogP contribution in [-0.2, 0) is 6.42 Å². The number of rotatable bonds is 1. The highest BCUT2D eigenvalue weighted by Crippen LogP contribution is 2.38. The van der Waals surface area contributed by atoms with Crippen LogP contribution in [0.4, 0.5) is 17.1 Å². The number of nitrogen functional groups attached to an aromatic ring is 1. The fourth-order valence-corrected chi connectivity index (χ4v) is 2.99. The second kappa shape index (κ2) is 4.23. The minimum Gasteiger partial charge on any atom is -0.399 e. The maximum atomic E-state index is 5.88. The SMILES string of the molecule is Nc1ccc2c(c1)CCN2c1ccnc2ccccc12. The van der Waals surface area contributed by atoms with Gasteiger partial charge in [0, 0.05) is 29.5 Å². The maximum Gasteiger partial charge on any atom is 0.0722 e. The summed E-state index contributed by atoms with van der Waals surface area (Å²) < 4.78 is 0. The summed E-state index contributed by atoms with van der Waals surface area (Å²) in [6.07, 6.45) is 2.92. The molecule has 0 saturated heterocycles. The lowest BCUT2D eigenvalue weighted by Crippen LogP contribution is -2.13. The molecule has 0 radical (unpaired) electrons. The van der Waals surface area contributed by atoms with E-state index < -0.39 is 0 Å². The van der Waals surface area contributed by atoms with Crippen molar-refractivity contribution in [3.63, 3.8) is 0 Å². The zero-order chi connectivity index (χ0) is 13.5. The third-order valence-electron chi connectivity index (χ3n) is 3.92. The smallest absolute Gasteiger partial charge is 0.0722 e. The third kappa shape index (κ3) is 1.63. The topological polar surface area (TPSA) is 42.1 Å². The number of anilines is 3. The van der Waals surface area contributed by atoms with Crippen LogP contribution in [0.3, 0.4) is 0 Å². The van der Waals surface area contributed by atoms with Crippen molar-refractivity contribution in [3.8, 4) is 0 Å². The predicted molar refractivity (Wildman–Crippen MR) is 83.3 cm³/mol. The summed E-state index contributed by atoms with van der Waals surface area (Å²) in [5, 5.41) is 1.19. The summed E-state index contributed by atoms with van der Waals surface area (Å²) in [7, 11) is 0.